The molecule has 2 aliphatic heterocycles. The zero-order chi connectivity index (χ0) is 27.6. The van der Waals surface area contributed by atoms with Crippen molar-refractivity contribution in [2.24, 2.45) is 13.0 Å². The number of hydrogen-bond donors (Lipinski definition) is 0. The Labute approximate surface area is 238 Å². The highest BCUT2D eigenvalue weighted by Crippen LogP contribution is 2.32. The molecular weight excluding hydrogens is 496 g/mol. The molecule has 3 heterocycles. The van der Waals surface area contributed by atoms with Gasteiger partial charge >= 0.3 is 0 Å². The average Bonchev–Trinajstić information content (AvgIpc) is 3.76. The lowest BCUT2D eigenvalue weighted by Crippen LogP contribution is -2.38. The fraction of sp³-hybridized carbons (Fsp3) is 0.500. The number of carbonyl (C=O) groups excluding carboxylic acids is 2. The number of piperidine rings is 1. The second-order valence-corrected chi connectivity index (χ2v) is 12.3. The number of likely N-dealkylation sites (tertiary alicyclic amines) is 2. The summed E-state index contributed by atoms with van der Waals surface area (Å²) in [7, 11) is 1.93. The van der Waals surface area contributed by atoms with Gasteiger partial charge in [-0.25, -0.2) is 0 Å². The van der Waals surface area contributed by atoms with Crippen LogP contribution in [-0.2, 0) is 18.3 Å². The van der Waals surface area contributed by atoms with Crippen LogP contribution in [0.5, 0.6) is 0 Å². The third-order valence-electron chi connectivity index (χ3n) is 9.68. The van der Waals surface area contributed by atoms with Gasteiger partial charge in [-0.2, -0.15) is 5.10 Å². The zero-order valence-corrected chi connectivity index (χ0v) is 24.0. The van der Waals surface area contributed by atoms with Gasteiger partial charge in [-0.15, -0.1) is 0 Å². The lowest BCUT2D eigenvalue weighted by atomic mass is 9.88. The van der Waals surface area contributed by atoms with E-state index in [1.807, 2.05) is 47.2 Å². The Morgan fingerprint density at radius 2 is 1.65 bits per heavy atom. The van der Waals surface area contributed by atoms with Crippen molar-refractivity contribution in [3.05, 3.63) is 77.1 Å². The molecule has 210 valence electrons. The van der Waals surface area contributed by atoms with Crippen LogP contribution >= 0.6 is 0 Å². The molecule has 2 saturated heterocycles. The van der Waals surface area contributed by atoms with Crippen molar-refractivity contribution in [3.63, 3.8) is 0 Å². The Bertz CT molecular complexity index is 1350. The van der Waals surface area contributed by atoms with Gasteiger partial charge in [0.1, 0.15) is 5.78 Å². The minimum Gasteiger partial charge on any atom is -0.339 e. The summed E-state index contributed by atoms with van der Waals surface area (Å²) in [6.07, 6.45) is 12.5. The van der Waals surface area contributed by atoms with Crippen molar-refractivity contribution in [1.82, 2.24) is 19.6 Å². The summed E-state index contributed by atoms with van der Waals surface area (Å²) in [5.41, 5.74) is 6.48. The molecular formula is C34H42N4O2. The number of aryl methyl sites for hydroxylation is 2. The quantitative estimate of drug-likeness (QED) is 0.382. The lowest BCUT2D eigenvalue weighted by molar-refractivity contribution is -0.121. The number of aromatic nitrogens is 2. The lowest BCUT2D eigenvalue weighted by Gasteiger charge is -2.32. The first-order valence-electron chi connectivity index (χ1n) is 15.2. The molecule has 40 heavy (non-hydrogen) atoms. The zero-order valence-electron chi connectivity index (χ0n) is 24.0. The largest absolute Gasteiger partial charge is 0.339 e. The molecule has 0 bridgehead atoms. The summed E-state index contributed by atoms with van der Waals surface area (Å²) in [6.45, 7) is 5.55. The van der Waals surface area contributed by atoms with Gasteiger partial charge in [-0.05, 0) is 85.9 Å². The van der Waals surface area contributed by atoms with E-state index in [4.69, 9.17) is 0 Å². The second-order valence-electron chi connectivity index (χ2n) is 12.3. The summed E-state index contributed by atoms with van der Waals surface area (Å²) < 4.78 is 1.82. The molecule has 0 spiro atoms. The van der Waals surface area contributed by atoms with Crippen molar-refractivity contribution in [2.75, 3.05) is 26.2 Å². The molecule has 3 aromatic rings. The van der Waals surface area contributed by atoms with Gasteiger partial charge in [-0.3, -0.25) is 19.2 Å². The summed E-state index contributed by atoms with van der Waals surface area (Å²) >= 11 is 0. The molecule has 2 aromatic carbocycles. The van der Waals surface area contributed by atoms with Crippen LogP contribution in [-0.4, -0.2) is 63.5 Å². The number of carbonyl (C=O) groups is 2. The monoisotopic (exact) mass is 538 g/mol. The van der Waals surface area contributed by atoms with Gasteiger partial charge in [0.15, 0.2) is 0 Å². The highest BCUT2D eigenvalue weighted by molar-refractivity contribution is 5.95. The van der Waals surface area contributed by atoms with Crippen LogP contribution in [0.1, 0.15) is 77.9 Å². The maximum absolute atomic E-state index is 13.5. The van der Waals surface area contributed by atoms with E-state index in [0.717, 1.165) is 62.1 Å². The summed E-state index contributed by atoms with van der Waals surface area (Å²) in [4.78, 5) is 31.3. The van der Waals surface area contributed by atoms with E-state index in [1.165, 1.54) is 36.8 Å². The highest BCUT2D eigenvalue weighted by atomic mass is 16.2. The van der Waals surface area contributed by atoms with Crippen LogP contribution in [0.25, 0.3) is 11.1 Å². The average molecular weight is 539 g/mol. The topological polar surface area (TPSA) is 58.4 Å². The molecule has 1 saturated carbocycles. The van der Waals surface area contributed by atoms with Crippen molar-refractivity contribution in [3.8, 4) is 11.1 Å². The van der Waals surface area contributed by atoms with Gasteiger partial charge in [0.2, 0.25) is 0 Å². The first-order valence-corrected chi connectivity index (χ1v) is 15.2. The molecule has 1 unspecified atom stereocenters. The van der Waals surface area contributed by atoms with E-state index in [9.17, 15) is 9.59 Å². The van der Waals surface area contributed by atoms with Crippen molar-refractivity contribution in [1.29, 1.82) is 0 Å². The molecule has 3 fully saturated rings. The molecule has 1 amide bonds. The number of Topliss-reactive ketones (excluding diaryl/α,β-unsaturated/α-hetero) is 1. The minimum absolute atomic E-state index is 0.0901. The van der Waals surface area contributed by atoms with E-state index < -0.39 is 0 Å². The van der Waals surface area contributed by atoms with Crippen LogP contribution < -0.4 is 0 Å². The van der Waals surface area contributed by atoms with Crippen LogP contribution in [0.3, 0.4) is 0 Å². The van der Waals surface area contributed by atoms with Crippen molar-refractivity contribution in [2.45, 2.75) is 70.3 Å². The SMILES string of the molecule is Cc1ccc(C(=O)N2CCC(c3ccc(-c4cnn(C)c4)cc3)CC2)cc1CC(=O)C1CCN(C2CCCC2)C1. The minimum atomic E-state index is 0.0901. The normalized spacial score (nSPS) is 20.9. The third kappa shape index (κ3) is 5.78. The van der Waals surface area contributed by atoms with Gasteiger partial charge in [0.25, 0.3) is 5.91 Å². The maximum atomic E-state index is 13.5. The van der Waals surface area contributed by atoms with Crippen LogP contribution in [0.4, 0.5) is 0 Å². The number of benzene rings is 2. The molecule has 1 atom stereocenters. The highest BCUT2D eigenvalue weighted by Gasteiger charge is 2.33. The standard InChI is InChI=1S/C34H42N4O2/c1-24-7-8-28(19-30(24)20-33(39)29-15-18-38(23-29)32-5-3-4-6-32)34(40)37-16-13-27(14-17-37)25-9-11-26(12-10-25)31-21-35-36(2)22-31/h7-12,19,21-22,27,29,32H,3-6,13-18,20,23H2,1-2H3. The molecule has 6 rings (SSSR count). The van der Waals surface area contributed by atoms with Crippen molar-refractivity contribution < 1.29 is 9.59 Å². The van der Waals surface area contributed by atoms with E-state index in [2.05, 4.69) is 41.2 Å². The van der Waals surface area contributed by atoms with Crippen LogP contribution in [0.2, 0.25) is 0 Å². The van der Waals surface area contributed by atoms with E-state index in [1.54, 1.807) is 0 Å². The van der Waals surface area contributed by atoms with Crippen molar-refractivity contribution >= 4 is 11.7 Å². The Balaban J connectivity index is 1.04. The summed E-state index contributed by atoms with van der Waals surface area (Å²) in [5, 5.41) is 4.27. The number of amides is 1. The van der Waals surface area contributed by atoms with Gasteiger partial charge in [0.05, 0.1) is 6.20 Å². The molecule has 3 aliphatic rings. The Morgan fingerprint density at radius 3 is 2.35 bits per heavy atom. The van der Waals surface area contributed by atoms with Gasteiger partial charge in [-0.1, -0.05) is 43.2 Å². The van der Waals surface area contributed by atoms with Crippen LogP contribution in [0.15, 0.2) is 54.9 Å². The van der Waals surface area contributed by atoms with E-state index in [-0.39, 0.29) is 11.8 Å². The van der Waals surface area contributed by atoms with Crippen LogP contribution in [0, 0.1) is 12.8 Å². The van der Waals surface area contributed by atoms with Gasteiger partial charge in [0, 0.05) is 62.4 Å². The first kappa shape index (κ1) is 26.9. The third-order valence-corrected chi connectivity index (χ3v) is 9.68. The second kappa shape index (κ2) is 11.7. The molecule has 6 heteroatoms. The number of hydrogen-bond acceptors (Lipinski definition) is 4. The Hall–Kier alpha value is -3.25. The predicted octanol–water partition coefficient (Wildman–Crippen LogP) is 5.79. The van der Waals surface area contributed by atoms with Gasteiger partial charge < -0.3 is 4.90 Å². The summed E-state index contributed by atoms with van der Waals surface area (Å²) in [6, 6.07) is 15.4. The molecule has 0 N–H and O–H groups in total. The number of ketones is 1. The molecule has 1 aliphatic carbocycles. The maximum Gasteiger partial charge on any atom is 0.253 e. The number of rotatable bonds is 7. The molecule has 1 aromatic heterocycles. The predicted molar refractivity (Wildman–Crippen MR) is 158 cm³/mol. The summed E-state index contributed by atoms with van der Waals surface area (Å²) in [5.74, 6) is 1.03. The first-order chi connectivity index (χ1) is 19.4. The Morgan fingerprint density at radius 1 is 0.900 bits per heavy atom. The number of nitrogens with zero attached hydrogens (tertiary/aromatic N) is 4. The Kier molecular flexibility index (Phi) is 7.88. The molecule has 0 radical (unpaired) electrons. The fourth-order valence-corrected chi connectivity index (χ4v) is 7.09. The molecule has 6 nitrogen and oxygen atoms in total. The fourth-order valence-electron chi connectivity index (χ4n) is 7.09. The van der Waals surface area contributed by atoms with E-state index >= 15 is 0 Å². The smallest absolute Gasteiger partial charge is 0.253 e. The van der Waals surface area contributed by atoms with E-state index in [0.29, 0.717) is 29.7 Å².